The lowest BCUT2D eigenvalue weighted by Crippen LogP contribution is -2.23. The second-order valence-corrected chi connectivity index (χ2v) is 8.80. The van der Waals surface area contributed by atoms with Gasteiger partial charge in [0, 0.05) is 19.7 Å². The quantitative estimate of drug-likeness (QED) is 0.616. The van der Waals surface area contributed by atoms with Crippen molar-refractivity contribution in [1.82, 2.24) is 0 Å². The predicted octanol–water partition coefficient (Wildman–Crippen LogP) is 4.31. The van der Waals surface area contributed by atoms with Crippen molar-refractivity contribution in [2.45, 2.75) is 45.1 Å². The van der Waals surface area contributed by atoms with E-state index in [1.54, 1.807) is 6.92 Å². The van der Waals surface area contributed by atoms with Crippen LogP contribution in [0.4, 0.5) is 4.79 Å². The van der Waals surface area contributed by atoms with Crippen molar-refractivity contribution in [3.63, 3.8) is 0 Å². The average molecular weight is 312 g/mol. The monoisotopic (exact) mass is 312 g/mol. The van der Waals surface area contributed by atoms with Crippen molar-refractivity contribution in [2.24, 2.45) is 0 Å². The Bertz CT molecular complexity index is 520. The van der Waals surface area contributed by atoms with E-state index >= 15 is 0 Å². The molecule has 1 rings (SSSR count). The van der Waals surface area contributed by atoms with Gasteiger partial charge >= 0.3 is 5.71 Å². The Hall–Kier alpha value is -0.860. The lowest BCUT2D eigenvalue weighted by molar-refractivity contribution is -0.109. The van der Waals surface area contributed by atoms with E-state index in [1.165, 1.54) is 11.8 Å². The van der Waals surface area contributed by atoms with Gasteiger partial charge in [0.2, 0.25) is 0 Å². The molecule has 0 fully saturated rings. The van der Waals surface area contributed by atoms with Gasteiger partial charge in [0.25, 0.3) is 0 Å². The molecule has 0 bridgehead atoms. The number of carbonyl (C=O) groups excluding carboxylic acids is 2. The molecule has 1 aromatic carbocycles. The highest BCUT2D eigenvalue weighted by molar-refractivity contribution is 8.13. The summed E-state index contributed by atoms with van der Waals surface area (Å²) in [6, 6.07) is 5.82. The number of benzene rings is 1. The molecular formula is C15H21O3PS. The first-order valence-electron chi connectivity index (χ1n) is 6.36. The van der Waals surface area contributed by atoms with E-state index in [0.29, 0.717) is 0 Å². The van der Waals surface area contributed by atoms with E-state index in [0.717, 1.165) is 15.8 Å². The summed E-state index contributed by atoms with van der Waals surface area (Å²) in [5, 5.41) is 0.978. The van der Waals surface area contributed by atoms with E-state index in [9.17, 15) is 9.59 Å². The van der Waals surface area contributed by atoms with Crippen LogP contribution in [0.15, 0.2) is 23.1 Å². The Labute approximate surface area is 126 Å². The molecule has 20 heavy (non-hydrogen) atoms. The van der Waals surface area contributed by atoms with Crippen LogP contribution in [0.1, 0.15) is 33.3 Å². The highest BCUT2D eigenvalue weighted by Crippen LogP contribution is 2.36. The molecule has 110 valence electrons. The fraction of sp³-hybridized carbons (Fsp3) is 0.467. The molecule has 3 nitrogen and oxygen atoms in total. The third-order valence-electron chi connectivity index (χ3n) is 2.48. The fourth-order valence-corrected chi connectivity index (χ4v) is 3.55. The van der Waals surface area contributed by atoms with Gasteiger partial charge in [0.1, 0.15) is 5.60 Å². The van der Waals surface area contributed by atoms with Gasteiger partial charge in [-0.25, -0.2) is 4.79 Å². The zero-order valence-corrected chi connectivity index (χ0v) is 14.5. The summed E-state index contributed by atoms with van der Waals surface area (Å²) in [6.45, 7) is 11.0. The van der Waals surface area contributed by atoms with Gasteiger partial charge in [-0.2, -0.15) is 0 Å². The Morgan fingerprint density at radius 3 is 2.35 bits per heavy atom. The van der Waals surface area contributed by atoms with Crippen LogP contribution in [0, 0.1) is 6.92 Å². The van der Waals surface area contributed by atoms with E-state index in [1.807, 2.05) is 52.6 Å². The second kappa shape index (κ2) is 6.73. The number of carbonyl (C=O) groups is 2. The highest BCUT2D eigenvalue weighted by atomic mass is 32.2. The molecule has 0 saturated carbocycles. The first-order chi connectivity index (χ1) is 9.10. The number of thioether (sulfide) groups is 1. The van der Waals surface area contributed by atoms with Gasteiger partial charge in [-0.15, -0.1) is 0 Å². The number of hydrogen-bond acceptors (Lipinski definition) is 4. The SMILES string of the molecule is CC(=O)Sc1cc(P(C)C(=O)OC(C)(C)C)ccc1C. The van der Waals surface area contributed by atoms with Crippen molar-refractivity contribution >= 4 is 35.8 Å². The topological polar surface area (TPSA) is 43.4 Å². The van der Waals surface area contributed by atoms with Crippen molar-refractivity contribution < 1.29 is 14.3 Å². The summed E-state index contributed by atoms with van der Waals surface area (Å²) in [5.41, 5.74) is 0.381. The van der Waals surface area contributed by atoms with Crippen LogP contribution in [0.25, 0.3) is 0 Å². The molecule has 0 saturated heterocycles. The van der Waals surface area contributed by atoms with Crippen LogP contribution >= 0.6 is 19.7 Å². The molecule has 0 heterocycles. The molecule has 1 aromatic rings. The van der Waals surface area contributed by atoms with Crippen LogP contribution in [0.2, 0.25) is 0 Å². The van der Waals surface area contributed by atoms with Crippen molar-refractivity contribution in [2.75, 3.05) is 6.66 Å². The molecule has 0 aliphatic heterocycles. The molecular weight excluding hydrogens is 291 g/mol. The first-order valence-corrected chi connectivity index (χ1v) is 8.96. The van der Waals surface area contributed by atoms with E-state index in [-0.39, 0.29) is 10.8 Å². The highest BCUT2D eigenvalue weighted by Gasteiger charge is 2.23. The molecule has 0 radical (unpaired) electrons. The number of aryl methyl sites for hydroxylation is 1. The van der Waals surface area contributed by atoms with Gasteiger partial charge in [0.15, 0.2) is 5.12 Å². The Morgan fingerprint density at radius 1 is 1.25 bits per heavy atom. The fourth-order valence-electron chi connectivity index (χ4n) is 1.50. The minimum atomic E-state index is -1.04. The first kappa shape index (κ1) is 17.2. The summed E-state index contributed by atoms with van der Waals surface area (Å²) in [5.74, 6) is 0. The Kier molecular flexibility index (Phi) is 5.79. The maximum absolute atomic E-state index is 12.1. The summed E-state index contributed by atoms with van der Waals surface area (Å²) in [6.07, 6.45) is 0. The number of ether oxygens (including phenoxy) is 1. The molecule has 0 spiro atoms. The maximum atomic E-state index is 12.1. The summed E-state index contributed by atoms with van der Waals surface area (Å²) in [4.78, 5) is 24.3. The zero-order chi connectivity index (χ0) is 15.5. The van der Waals surface area contributed by atoms with Crippen LogP contribution in [0.5, 0.6) is 0 Å². The predicted molar refractivity (Wildman–Crippen MR) is 86.4 cm³/mol. The number of rotatable bonds is 3. The molecule has 0 aliphatic rings. The number of hydrogen-bond donors (Lipinski definition) is 0. The summed E-state index contributed by atoms with van der Waals surface area (Å²) >= 11 is 1.20. The van der Waals surface area contributed by atoms with Crippen LogP contribution in [-0.2, 0) is 9.53 Å². The van der Waals surface area contributed by atoms with E-state index < -0.39 is 13.5 Å². The van der Waals surface area contributed by atoms with Crippen molar-refractivity contribution in [3.05, 3.63) is 23.8 Å². The lowest BCUT2D eigenvalue weighted by atomic mass is 10.2. The van der Waals surface area contributed by atoms with Crippen LogP contribution in [-0.4, -0.2) is 23.1 Å². The summed E-state index contributed by atoms with van der Waals surface area (Å²) < 4.78 is 5.42. The van der Waals surface area contributed by atoms with Gasteiger partial charge in [0.05, 0.1) is 0 Å². The molecule has 0 amide bonds. The average Bonchev–Trinajstić information content (AvgIpc) is 2.28. The third-order valence-corrected chi connectivity index (χ3v) is 5.12. The maximum Gasteiger partial charge on any atom is 0.330 e. The largest absolute Gasteiger partial charge is 0.457 e. The van der Waals surface area contributed by atoms with Crippen molar-refractivity contribution in [3.8, 4) is 0 Å². The minimum Gasteiger partial charge on any atom is -0.457 e. The second-order valence-electron chi connectivity index (χ2n) is 5.58. The molecule has 5 heteroatoms. The molecule has 0 N–H and O–H groups in total. The lowest BCUT2D eigenvalue weighted by Gasteiger charge is -2.22. The zero-order valence-electron chi connectivity index (χ0n) is 12.8. The van der Waals surface area contributed by atoms with Crippen LogP contribution < -0.4 is 5.30 Å². The minimum absolute atomic E-state index is 0.0444. The molecule has 0 aliphatic carbocycles. The normalized spacial score (nSPS) is 12.9. The van der Waals surface area contributed by atoms with E-state index in [2.05, 4.69) is 0 Å². The standard InChI is InChI=1S/C15H21O3PS/c1-10-7-8-12(9-13(10)20-11(2)16)19(6)14(17)18-15(3,4)5/h7-9H,1-6H3. The van der Waals surface area contributed by atoms with Gasteiger partial charge in [-0.05, 0) is 51.3 Å². The van der Waals surface area contributed by atoms with Crippen molar-refractivity contribution in [1.29, 1.82) is 0 Å². The molecule has 1 unspecified atom stereocenters. The van der Waals surface area contributed by atoms with Gasteiger partial charge < -0.3 is 4.74 Å². The smallest absolute Gasteiger partial charge is 0.330 e. The van der Waals surface area contributed by atoms with Crippen LogP contribution in [0.3, 0.4) is 0 Å². The Balaban J connectivity index is 2.96. The van der Waals surface area contributed by atoms with E-state index in [4.69, 9.17) is 4.74 Å². The Morgan fingerprint density at radius 2 is 1.85 bits per heavy atom. The van der Waals surface area contributed by atoms with Gasteiger partial charge in [-0.1, -0.05) is 23.9 Å². The van der Waals surface area contributed by atoms with Gasteiger partial charge in [-0.3, -0.25) is 4.79 Å². The summed E-state index contributed by atoms with van der Waals surface area (Å²) in [7, 11) is -1.04. The molecule has 1 atom stereocenters. The molecule has 0 aromatic heterocycles. The third kappa shape index (κ3) is 5.26.